The number of carbonyl (C=O) groups excluding carboxylic acids is 1. The largest absolute Gasteiger partial charge is 0.349 e. The third kappa shape index (κ3) is 3.67. The van der Waals surface area contributed by atoms with Crippen LogP contribution in [0.2, 0.25) is 0 Å². The van der Waals surface area contributed by atoms with Gasteiger partial charge in [0.15, 0.2) is 0 Å². The standard InChI is InChI=1S/C23H21FN6O/c1-26-20-7-4-14(11-18(20)24)17-12-21(23(31)27-9-8-25)30(3)22(17)15-5-6-19-16(10-15)13-29(2)28-19/h4-7,10-13H,8-9,25H2,2-3H3,(H,27,31). The first-order chi connectivity index (χ1) is 14.9. The molecule has 0 spiro atoms. The third-order valence-corrected chi connectivity index (χ3v) is 5.17. The van der Waals surface area contributed by atoms with E-state index in [0.717, 1.165) is 22.2 Å². The summed E-state index contributed by atoms with van der Waals surface area (Å²) in [6, 6.07) is 12.0. The monoisotopic (exact) mass is 416 g/mol. The maximum Gasteiger partial charge on any atom is 0.267 e. The summed E-state index contributed by atoms with van der Waals surface area (Å²) in [5.41, 5.74) is 9.66. The zero-order valence-corrected chi connectivity index (χ0v) is 17.2. The van der Waals surface area contributed by atoms with E-state index in [9.17, 15) is 9.18 Å². The van der Waals surface area contributed by atoms with Crippen LogP contribution in [-0.2, 0) is 14.1 Å². The highest BCUT2D eigenvalue weighted by Gasteiger charge is 2.21. The minimum Gasteiger partial charge on any atom is -0.349 e. The smallest absolute Gasteiger partial charge is 0.267 e. The number of hydrogen-bond acceptors (Lipinski definition) is 3. The molecule has 7 nitrogen and oxygen atoms in total. The quantitative estimate of drug-likeness (QED) is 0.488. The van der Waals surface area contributed by atoms with Crippen molar-refractivity contribution in [2.75, 3.05) is 13.1 Å². The molecular formula is C23H21FN6O. The van der Waals surface area contributed by atoms with Crippen molar-refractivity contribution in [2.24, 2.45) is 19.8 Å². The third-order valence-electron chi connectivity index (χ3n) is 5.17. The first-order valence-corrected chi connectivity index (χ1v) is 9.72. The van der Waals surface area contributed by atoms with E-state index in [1.54, 1.807) is 28.4 Å². The first kappa shape index (κ1) is 20.3. The van der Waals surface area contributed by atoms with Crippen LogP contribution in [-0.4, -0.2) is 33.3 Å². The van der Waals surface area contributed by atoms with Gasteiger partial charge in [0.25, 0.3) is 5.91 Å². The molecule has 0 aliphatic carbocycles. The van der Waals surface area contributed by atoms with Gasteiger partial charge in [-0.05, 0) is 35.4 Å². The molecule has 0 radical (unpaired) electrons. The van der Waals surface area contributed by atoms with Crippen LogP contribution in [0.25, 0.3) is 38.1 Å². The molecule has 156 valence electrons. The fourth-order valence-electron chi connectivity index (χ4n) is 3.73. The number of nitrogens with zero attached hydrogens (tertiary/aromatic N) is 4. The summed E-state index contributed by atoms with van der Waals surface area (Å²) in [5, 5.41) is 8.14. The number of aromatic nitrogens is 3. The van der Waals surface area contributed by atoms with Crippen LogP contribution in [0.4, 0.5) is 10.1 Å². The topological polar surface area (TPSA) is 82.2 Å². The Balaban J connectivity index is 1.92. The van der Waals surface area contributed by atoms with Crippen molar-refractivity contribution in [3.05, 3.63) is 71.6 Å². The van der Waals surface area contributed by atoms with Crippen molar-refractivity contribution in [3.8, 4) is 22.4 Å². The number of aryl methyl sites for hydroxylation is 1. The SMILES string of the molecule is [C-]#[N+]c1ccc(-c2cc(C(=O)NCCN)n(C)c2-c2ccc3nn(C)cc3c2)cc1F. The summed E-state index contributed by atoms with van der Waals surface area (Å²) in [4.78, 5) is 15.9. The Morgan fingerprint density at radius 3 is 2.68 bits per heavy atom. The predicted molar refractivity (Wildman–Crippen MR) is 118 cm³/mol. The Labute approximate surface area is 178 Å². The van der Waals surface area contributed by atoms with Gasteiger partial charge in [0.1, 0.15) is 11.5 Å². The normalized spacial score (nSPS) is 10.9. The summed E-state index contributed by atoms with van der Waals surface area (Å²) >= 11 is 0. The van der Waals surface area contributed by atoms with Gasteiger partial charge in [-0.15, -0.1) is 0 Å². The molecule has 3 N–H and O–H groups in total. The maximum absolute atomic E-state index is 14.4. The van der Waals surface area contributed by atoms with Gasteiger partial charge in [0, 0.05) is 44.3 Å². The molecule has 1 amide bonds. The van der Waals surface area contributed by atoms with E-state index in [-0.39, 0.29) is 11.6 Å². The summed E-state index contributed by atoms with van der Waals surface area (Å²) < 4.78 is 17.9. The second-order valence-electron chi connectivity index (χ2n) is 7.25. The van der Waals surface area contributed by atoms with Gasteiger partial charge in [-0.25, -0.2) is 9.24 Å². The van der Waals surface area contributed by atoms with Gasteiger partial charge in [0.2, 0.25) is 5.69 Å². The van der Waals surface area contributed by atoms with Gasteiger partial charge in [-0.1, -0.05) is 18.2 Å². The van der Waals surface area contributed by atoms with E-state index < -0.39 is 5.82 Å². The highest BCUT2D eigenvalue weighted by Crippen LogP contribution is 2.37. The number of halogens is 1. The van der Waals surface area contributed by atoms with Crippen LogP contribution < -0.4 is 11.1 Å². The van der Waals surface area contributed by atoms with E-state index in [0.29, 0.717) is 29.9 Å². The molecule has 0 saturated heterocycles. The molecule has 31 heavy (non-hydrogen) atoms. The summed E-state index contributed by atoms with van der Waals surface area (Å²) in [7, 11) is 3.66. The number of carbonyl (C=O) groups is 1. The average molecular weight is 416 g/mol. The van der Waals surface area contributed by atoms with Crippen molar-refractivity contribution in [1.82, 2.24) is 19.7 Å². The van der Waals surface area contributed by atoms with E-state index in [1.165, 1.54) is 12.1 Å². The fraction of sp³-hybridized carbons (Fsp3) is 0.174. The Morgan fingerprint density at radius 1 is 1.19 bits per heavy atom. The lowest BCUT2D eigenvalue weighted by Crippen LogP contribution is -2.30. The molecule has 2 aromatic heterocycles. The molecule has 0 bridgehead atoms. The van der Waals surface area contributed by atoms with E-state index >= 15 is 0 Å². The second kappa shape index (κ2) is 8.05. The Kier molecular flexibility index (Phi) is 5.28. The minimum absolute atomic E-state index is 0.0427. The van der Waals surface area contributed by atoms with Crippen molar-refractivity contribution >= 4 is 22.5 Å². The number of nitrogens with one attached hydrogen (secondary N) is 1. The van der Waals surface area contributed by atoms with Crippen molar-refractivity contribution < 1.29 is 9.18 Å². The molecule has 2 aromatic carbocycles. The Morgan fingerprint density at radius 2 is 1.97 bits per heavy atom. The molecule has 8 heteroatoms. The van der Waals surface area contributed by atoms with Gasteiger partial charge in [-0.2, -0.15) is 5.10 Å². The van der Waals surface area contributed by atoms with Crippen molar-refractivity contribution in [2.45, 2.75) is 0 Å². The van der Waals surface area contributed by atoms with Crippen LogP contribution in [0.1, 0.15) is 10.5 Å². The number of fused-ring (bicyclic) bond motifs is 1. The lowest BCUT2D eigenvalue weighted by Gasteiger charge is -2.11. The van der Waals surface area contributed by atoms with Crippen LogP contribution >= 0.6 is 0 Å². The summed E-state index contributed by atoms with van der Waals surface area (Å²) in [6.45, 7) is 7.77. The highest BCUT2D eigenvalue weighted by atomic mass is 19.1. The molecule has 0 unspecified atom stereocenters. The Bertz CT molecular complexity index is 1340. The first-order valence-electron chi connectivity index (χ1n) is 9.72. The molecule has 0 atom stereocenters. The number of benzene rings is 2. The molecule has 2 heterocycles. The molecule has 0 aliphatic heterocycles. The van der Waals surface area contributed by atoms with E-state index in [4.69, 9.17) is 12.3 Å². The lowest BCUT2D eigenvalue weighted by molar-refractivity contribution is 0.0947. The second-order valence-corrected chi connectivity index (χ2v) is 7.25. The van der Waals surface area contributed by atoms with E-state index in [2.05, 4.69) is 15.3 Å². The number of hydrogen-bond donors (Lipinski definition) is 2. The van der Waals surface area contributed by atoms with Gasteiger partial charge in [0.05, 0.1) is 17.8 Å². The molecule has 4 aromatic rings. The maximum atomic E-state index is 14.4. The number of nitrogens with two attached hydrogens (primary N) is 1. The zero-order chi connectivity index (χ0) is 22.1. The molecular weight excluding hydrogens is 395 g/mol. The minimum atomic E-state index is -0.598. The average Bonchev–Trinajstić information content (AvgIpc) is 3.30. The van der Waals surface area contributed by atoms with Crippen molar-refractivity contribution in [3.63, 3.8) is 0 Å². The lowest BCUT2D eigenvalue weighted by atomic mass is 10.00. The predicted octanol–water partition coefficient (Wildman–Crippen LogP) is 3.62. The number of amides is 1. The highest BCUT2D eigenvalue weighted by molar-refractivity contribution is 5.98. The van der Waals surface area contributed by atoms with Crippen LogP contribution in [0.5, 0.6) is 0 Å². The van der Waals surface area contributed by atoms with E-state index in [1.807, 2.05) is 31.4 Å². The molecule has 4 rings (SSSR count). The fourth-order valence-corrected chi connectivity index (χ4v) is 3.73. The van der Waals surface area contributed by atoms with Gasteiger partial charge < -0.3 is 15.6 Å². The molecule has 0 saturated carbocycles. The zero-order valence-electron chi connectivity index (χ0n) is 17.2. The number of rotatable bonds is 5. The Hall–Kier alpha value is -3.96. The van der Waals surface area contributed by atoms with Crippen LogP contribution in [0.15, 0.2) is 48.7 Å². The van der Waals surface area contributed by atoms with Gasteiger partial charge in [-0.3, -0.25) is 9.48 Å². The molecule has 0 aliphatic rings. The van der Waals surface area contributed by atoms with Crippen molar-refractivity contribution in [1.29, 1.82) is 0 Å². The van der Waals surface area contributed by atoms with Crippen LogP contribution in [0, 0.1) is 12.4 Å². The summed E-state index contributed by atoms with van der Waals surface area (Å²) in [6.07, 6.45) is 1.92. The van der Waals surface area contributed by atoms with Gasteiger partial charge >= 0.3 is 0 Å². The van der Waals surface area contributed by atoms with Crippen LogP contribution in [0.3, 0.4) is 0 Å². The summed E-state index contributed by atoms with van der Waals surface area (Å²) in [5.74, 6) is -0.861. The molecule has 0 fully saturated rings.